The summed E-state index contributed by atoms with van der Waals surface area (Å²) < 4.78 is 0. The van der Waals surface area contributed by atoms with Crippen molar-refractivity contribution in [3.63, 3.8) is 0 Å². The van der Waals surface area contributed by atoms with E-state index in [0.717, 1.165) is 0 Å². The zero-order valence-corrected chi connectivity index (χ0v) is 5.03. The van der Waals surface area contributed by atoms with Gasteiger partial charge >= 0.3 is 0 Å². The average Bonchev–Trinajstić information content (AvgIpc) is 1.61. The number of thioether (sulfide) groups is 1. The molecule has 0 aliphatic rings. The Morgan fingerprint density at radius 1 is 1.71 bits per heavy atom. The molecule has 0 spiro atoms. The van der Waals surface area contributed by atoms with Gasteiger partial charge in [0.05, 0.1) is 5.88 Å². The van der Waals surface area contributed by atoms with Crippen LogP contribution in [0.15, 0.2) is 4.99 Å². The molecule has 0 radical (unpaired) electrons. The van der Waals surface area contributed by atoms with Crippen molar-refractivity contribution in [3.05, 3.63) is 0 Å². The molecule has 0 amide bonds. The summed E-state index contributed by atoms with van der Waals surface area (Å²) in [6.45, 7) is 0. The van der Waals surface area contributed by atoms with Gasteiger partial charge in [-0.3, -0.25) is 0 Å². The predicted molar refractivity (Wildman–Crippen MR) is 34.2 cm³/mol. The van der Waals surface area contributed by atoms with Crippen LogP contribution in [0.25, 0.3) is 0 Å². The lowest BCUT2D eigenvalue weighted by Gasteiger charge is -1.86. The van der Waals surface area contributed by atoms with Crippen LogP contribution in [0.5, 0.6) is 0 Å². The lowest BCUT2D eigenvalue weighted by molar-refractivity contribution is 1.32. The van der Waals surface area contributed by atoms with Gasteiger partial charge in [-0.2, -0.15) is 0 Å². The highest BCUT2D eigenvalue weighted by Gasteiger charge is 1.74. The minimum Gasteiger partial charge on any atom is -0.370 e. The number of rotatable bonds is 2. The fraction of sp³-hybridized carbons (Fsp3) is 0.667. The van der Waals surface area contributed by atoms with Gasteiger partial charge in [-0.1, -0.05) is 0 Å². The maximum Gasteiger partial charge on any atom is 0.186 e. The van der Waals surface area contributed by atoms with E-state index in [1.165, 1.54) is 0 Å². The Bertz CT molecular complexity index is 66.6. The zero-order valence-electron chi connectivity index (χ0n) is 4.22. The SMILES string of the molecule is CSCN=C(N)N. The second-order valence-electron chi connectivity index (χ2n) is 1.00. The molecule has 0 saturated carbocycles. The highest BCUT2D eigenvalue weighted by Crippen LogP contribution is 1.88. The summed E-state index contributed by atoms with van der Waals surface area (Å²) in [5, 5.41) is 0. The molecule has 4 N–H and O–H groups in total. The minimum atomic E-state index is 0.161. The summed E-state index contributed by atoms with van der Waals surface area (Å²) in [6, 6.07) is 0. The maximum atomic E-state index is 4.99. The topological polar surface area (TPSA) is 64.4 Å². The summed E-state index contributed by atoms with van der Waals surface area (Å²) >= 11 is 1.58. The average molecular weight is 119 g/mol. The first-order valence-corrected chi connectivity index (χ1v) is 3.21. The van der Waals surface area contributed by atoms with Gasteiger partial charge in [-0.25, -0.2) is 4.99 Å². The fourth-order valence-electron chi connectivity index (χ4n) is 0.139. The molecule has 0 aromatic heterocycles. The van der Waals surface area contributed by atoms with E-state index in [1.807, 2.05) is 6.26 Å². The Kier molecular flexibility index (Phi) is 3.59. The molecule has 0 aromatic rings. The number of hydrogen-bond acceptors (Lipinski definition) is 2. The molecule has 0 rings (SSSR count). The Hall–Kier alpha value is -0.380. The van der Waals surface area contributed by atoms with Gasteiger partial charge in [-0.05, 0) is 6.26 Å². The normalized spacial score (nSPS) is 8.14. The van der Waals surface area contributed by atoms with E-state index in [1.54, 1.807) is 11.8 Å². The molecule has 0 saturated heterocycles. The number of aliphatic imine (C=N–C) groups is 1. The third-order valence-corrected chi connectivity index (χ3v) is 0.764. The van der Waals surface area contributed by atoms with Crippen LogP contribution in [0.2, 0.25) is 0 Å². The van der Waals surface area contributed by atoms with Gasteiger partial charge < -0.3 is 11.5 Å². The van der Waals surface area contributed by atoms with Gasteiger partial charge in [0, 0.05) is 0 Å². The first kappa shape index (κ1) is 6.62. The molecule has 3 nitrogen and oxygen atoms in total. The van der Waals surface area contributed by atoms with Crippen molar-refractivity contribution in [1.29, 1.82) is 0 Å². The first-order valence-electron chi connectivity index (χ1n) is 1.81. The van der Waals surface area contributed by atoms with Gasteiger partial charge in [0.2, 0.25) is 0 Å². The van der Waals surface area contributed by atoms with E-state index in [-0.39, 0.29) is 5.96 Å². The van der Waals surface area contributed by atoms with Gasteiger partial charge in [0.15, 0.2) is 5.96 Å². The van der Waals surface area contributed by atoms with E-state index in [0.29, 0.717) is 5.88 Å². The molecule has 0 fully saturated rings. The van der Waals surface area contributed by atoms with Crippen molar-refractivity contribution in [2.45, 2.75) is 0 Å². The van der Waals surface area contributed by atoms with Crippen molar-refractivity contribution in [2.24, 2.45) is 16.5 Å². The molecule has 0 bridgehead atoms. The van der Waals surface area contributed by atoms with Crippen LogP contribution in [0.1, 0.15) is 0 Å². The Balaban J connectivity index is 3.08. The summed E-state index contributed by atoms with van der Waals surface area (Å²) in [4.78, 5) is 3.68. The lowest BCUT2D eigenvalue weighted by atomic mass is 11.1. The second-order valence-corrected chi connectivity index (χ2v) is 1.84. The molecule has 7 heavy (non-hydrogen) atoms. The van der Waals surface area contributed by atoms with Crippen molar-refractivity contribution in [1.82, 2.24) is 0 Å². The summed E-state index contributed by atoms with van der Waals surface area (Å²) in [5.41, 5.74) is 9.99. The van der Waals surface area contributed by atoms with E-state index in [2.05, 4.69) is 4.99 Å². The second kappa shape index (κ2) is 3.80. The van der Waals surface area contributed by atoms with Gasteiger partial charge in [0.1, 0.15) is 0 Å². The Morgan fingerprint density at radius 3 is 2.43 bits per heavy atom. The van der Waals surface area contributed by atoms with Gasteiger partial charge in [0.25, 0.3) is 0 Å². The van der Waals surface area contributed by atoms with E-state index in [4.69, 9.17) is 11.5 Å². The third-order valence-electron chi connectivity index (χ3n) is 0.376. The molecular formula is C3H9N3S. The minimum absolute atomic E-state index is 0.161. The van der Waals surface area contributed by atoms with Crippen LogP contribution < -0.4 is 11.5 Å². The quantitative estimate of drug-likeness (QED) is 0.383. The predicted octanol–water partition coefficient (Wildman–Crippen LogP) is -0.420. The van der Waals surface area contributed by atoms with Crippen molar-refractivity contribution < 1.29 is 0 Å². The largest absolute Gasteiger partial charge is 0.370 e. The summed E-state index contributed by atoms with van der Waals surface area (Å²) in [7, 11) is 0. The number of nitrogens with two attached hydrogens (primary N) is 2. The molecule has 0 aromatic carbocycles. The summed E-state index contributed by atoms with van der Waals surface area (Å²) in [5.74, 6) is 0.817. The Labute approximate surface area is 47.2 Å². The fourth-order valence-corrected chi connectivity index (χ4v) is 0.417. The number of guanidine groups is 1. The van der Waals surface area contributed by atoms with Crippen LogP contribution >= 0.6 is 11.8 Å². The monoisotopic (exact) mass is 119 g/mol. The highest BCUT2D eigenvalue weighted by molar-refractivity contribution is 7.98. The molecule has 0 aliphatic heterocycles. The summed E-state index contributed by atoms with van der Waals surface area (Å²) in [6.07, 6.45) is 1.94. The van der Waals surface area contributed by atoms with Crippen molar-refractivity contribution in [2.75, 3.05) is 12.1 Å². The van der Waals surface area contributed by atoms with Crippen LogP contribution in [0.3, 0.4) is 0 Å². The molecule has 4 heteroatoms. The first-order chi connectivity index (χ1) is 3.27. The zero-order chi connectivity index (χ0) is 5.70. The number of nitrogens with zero attached hydrogens (tertiary/aromatic N) is 1. The molecular weight excluding hydrogens is 110 g/mol. The standard InChI is InChI=1S/C3H9N3S/c1-7-2-6-3(4)5/h2H2,1H3,(H4,4,5,6). The lowest BCUT2D eigenvalue weighted by Crippen LogP contribution is -2.22. The Morgan fingerprint density at radius 2 is 2.29 bits per heavy atom. The van der Waals surface area contributed by atoms with Crippen molar-refractivity contribution in [3.8, 4) is 0 Å². The molecule has 0 atom stereocenters. The highest BCUT2D eigenvalue weighted by atomic mass is 32.2. The van der Waals surface area contributed by atoms with E-state index < -0.39 is 0 Å². The van der Waals surface area contributed by atoms with E-state index >= 15 is 0 Å². The van der Waals surface area contributed by atoms with E-state index in [9.17, 15) is 0 Å². The third kappa shape index (κ3) is 5.62. The molecule has 0 aliphatic carbocycles. The number of hydrogen-bond donors (Lipinski definition) is 2. The van der Waals surface area contributed by atoms with Crippen LogP contribution in [0, 0.1) is 0 Å². The smallest absolute Gasteiger partial charge is 0.186 e. The molecule has 0 unspecified atom stereocenters. The molecule has 0 heterocycles. The van der Waals surface area contributed by atoms with Crippen LogP contribution in [-0.2, 0) is 0 Å². The van der Waals surface area contributed by atoms with Crippen LogP contribution in [-0.4, -0.2) is 18.1 Å². The van der Waals surface area contributed by atoms with Gasteiger partial charge in [-0.15, -0.1) is 11.8 Å². The maximum absolute atomic E-state index is 4.99. The van der Waals surface area contributed by atoms with Crippen molar-refractivity contribution >= 4 is 17.7 Å². The molecule has 42 valence electrons. The van der Waals surface area contributed by atoms with Crippen LogP contribution in [0.4, 0.5) is 0 Å².